The second-order valence-electron chi connectivity index (χ2n) is 7.60. The molecule has 2 unspecified atom stereocenters. The second-order valence-corrected chi connectivity index (χ2v) is 9.70. The van der Waals surface area contributed by atoms with E-state index in [0.717, 1.165) is 38.5 Å². The molecule has 186 valence electrons. The van der Waals surface area contributed by atoms with E-state index >= 15 is 0 Å². The number of hydrogen-bond donors (Lipinski definition) is 2. The molecule has 31 heavy (non-hydrogen) atoms. The van der Waals surface area contributed by atoms with Crippen LogP contribution in [0, 0.1) is 0 Å². The van der Waals surface area contributed by atoms with E-state index in [0.29, 0.717) is 38.5 Å². The average molecular weight is 491 g/mol. The van der Waals surface area contributed by atoms with Crippen molar-refractivity contribution in [3.8, 4) is 0 Å². The van der Waals surface area contributed by atoms with Crippen LogP contribution >= 0.6 is 0 Å². The predicted molar refractivity (Wildman–Crippen MR) is 115 cm³/mol. The van der Waals surface area contributed by atoms with Gasteiger partial charge < -0.3 is 4.74 Å². The van der Waals surface area contributed by atoms with Gasteiger partial charge in [-0.2, -0.15) is 16.8 Å². The summed E-state index contributed by atoms with van der Waals surface area (Å²) in [6.07, 6.45) is 7.23. The number of methoxy groups -OCH3 is 1. The quantitative estimate of drug-likeness (QED) is 0.145. The second kappa shape index (κ2) is 16.8. The fourth-order valence-corrected chi connectivity index (χ4v) is 4.34. The minimum atomic E-state index is -4.65. The highest BCUT2D eigenvalue weighted by Gasteiger charge is 2.22. The highest BCUT2D eigenvalue weighted by atomic mass is 32.3. The summed E-state index contributed by atoms with van der Waals surface area (Å²) in [6, 6.07) is 0. The first-order valence-corrected chi connectivity index (χ1v) is 13.6. The van der Waals surface area contributed by atoms with Crippen LogP contribution in [0.5, 0.6) is 0 Å². The molecule has 2 N–H and O–H groups in total. The van der Waals surface area contributed by atoms with Crippen molar-refractivity contribution in [1.29, 1.82) is 0 Å². The molecule has 0 saturated carbocycles. The van der Waals surface area contributed by atoms with Crippen LogP contribution in [0.1, 0.15) is 96.8 Å². The summed E-state index contributed by atoms with van der Waals surface area (Å²) in [5, 5.41) is 0. The Morgan fingerprint density at radius 2 is 1.13 bits per heavy atom. The van der Waals surface area contributed by atoms with Gasteiger partial charge in [0, 0.05) is 6.42 Å². The van der Waals surface area contributed by atoms with Gasteiger partial charge in [-0.25, -0.2) is 8.37 Å². The molecule has 0 heterocycles. The van der Waals surface area contributed by atoms with Crippen LogP contribution in [0.3, 0.4) is 0 Å². The van der Waals surface area contributed by atoms with Crippen molar-refractivity contribution in [2.75, 3.05) is 7.11 Å². The lowest BCUT2D eigenvalue weighted by atomic mass is 10.0. The summed E-state index contributed by atoms with van der Waals surface area (Å²) in [4.78, 5) is 11.1. The van der Waals surface area contributed by atoms with Crippen molar-refractivity contribution in [1.82, 2.24) is 0 Å². The molecule has 0 saturated heterocycles. The number of esters is 1. The van der Waals surface area contributed by atoms with Crippen LogP contribution in [0.25, 0.3) is 0 Å². The van der Waals surface area contributed by atoms with E-state index < -0.39 is 33.0 Å². The van der Waals surface area contributed by atoms with Gasteiger partial charge in [0.15, 0.2) is 0 Å². The van der Waals surface area contributed by atoms with Crippen LogP contribution in [0.4, 0.5) is 0 Å². The van der Waals surface area contributed by atoms with Crippen LogP contribution in [-0.2, 0) is 38.7 Å². The summed E-state index contributed by atoms with van der Waals surface area (Å²) in [6.45, 7) is 2.04. The minimum Gasteiger partial charge on any atom is -0.469 e. The highest BCUT2D eigenvalue weighted by molar-refractivity contribution is 7.81. The molecule has 0 aliphatic rings. The van der Waals surface area contributed by atoms with Gasteiger partial charge in [0.25, 0.3) is 0 Å². The van der Waals surface area contributed by atoms with E-state index in [1.807, 2.05) is 6.92 Å². The molecular weight excluding hydrogens is 452 g/mol. The number of carbonyl (C=O) groups excluding carboxylic acids is 1. The number of ether oxygens (including phenoxy) is 1. The Labute approximate surface area is 186 Å². The van der Waals surface area contributed by atoms with Crippen molar-refractivity contribution < 1.29 is 43.8 Å². The van der Waals surface area contributed by atoms with Crippen LogP contribution in [0.2, 0.25) is 0 Å². The first-order chi connectivity index (χ1) is 14.5. The number of rotatable bonds is 20. The predicted octanol–water partition coefficient (Wildman–Crippen LogP) is 4.02. The van der Waals surface area contributed by atoms with E-state index in [4.69, 9.17) is 17.5 Å². The highest BCUT2D eigenvalue weighted by Crippen LogP contribution is 2.21. The lowest BCUT2D eigenvalue weighted by Crippen LogP contribution is -2.23. The molecule has 0 aliphatic heterocycles. The number of carbonyl (C=O) groups is 1. The SMILES string of the molecule is CCCCCCC(CCC(CCCCCCCC(=O)OC)OS(=O)(=O)O)OS(=O)(=O)O. The standard InChI is InChI=1S/C19H38O10S2/c1-3-4-5-9-12-17(28-30(21,22)23)15-16-18(29-31(24,25)26)13-10-7-6-8-11-14-19(20)27-2/h17-18H,3-16H2,1-2H3,(H,21,22,23)(H,24,25,26). The lowest BCUT2D eigenvalue weighted by molar-refractivity contribution is -0.140. The van der Waals surface area contributed by atoms with Gasteiger partial charge in [-0.3, -0.25) is 13.9 Å². The molecule has 12 heteroatoms. The minimum absolute atomic E-state index is 0.149. The molecule has 0 spiro atoms. The number of hydrogen-bond acceptors (Lipinski definition) is 8. The third kappa shape index (κ3) is 20.8. The van der Waals surface area contributed by atoms with Crippen molar-refractivity contribution >= 4 is 26.8 Å². The summed E-state index contributed by atoms with van der Waals surface area (Å²) >= 11 is 0. The van der Waals surface area contributed by atoms with Gasteiger partial charge in [-0.05, 0) is 32.1 Å². The Morgan fingerprint density at radius 1 is 0.710 bits per heavy atom. The van der Waals surface area contributed by atoms with Crippen LogP contribution < -0.4 is 0 Å². The third-order valence-corrected chi connectivity index (χ3v) is 5.87. The van der Waals surface area contributed by atoms with Crippen molar-refractivity contribution in [2.24, 2.45) is 0 Å². The smallest absolute Gasteiger partial charge is 0.397 e. The molecule has 0 aromatic rings. The topological polar surface area (TPSA) is 154 Å². The van der Waals surface area contributed by atoms with E-state index in [-0.39, 0.29) is 18.8 Å². The molecule has 0 aromatic carbocycles. The average Bonchev–Trinajstić information content (AvgIpc) is 2.65. The van der Waals surface area contributed by atoms with Gasteiger partial charge >= 0.3 is 26.8 Å². The Hall–Kier alpha value is -0.790. The fourth-order valence-electron chi connectivity index (χ4n) is 3.27. The Morgan fingerprint density at radius 3 is 1.55 bits per heavy atom. The zero-order chi connectivity index (χ0) is 23.8. The van der Waals surface area contributed by atoms with Gasteiger partial charge in [0.05, 0.1) is 19.3 Å². The largest absolute Gasteiger partial charge is 0.469 e. The third-order valence-electron chi connectivity index (χ3n) is 4.84. The van der Waals surface area contributed by atoms with Crippen molar-refractivity contribution in [3.05, 3.63) is 0 Å². The maximum atomic E-state index is 11.1. The first-order valence-electron chi connectivity index (χ1n) is 10.8. The zero-order valence-corrected chi connectivity index (χ0v) is 20.2. The van der Waals surface area contributed by atoms with Crippen LogP contribution in [0.15, 0.2) is 0 Å². The van der Waals surface area contributed by atoms with Gasteiger partial charge in [0.2, 0.25) is 0 Å². The summed E-state index contributed by atoms with van der Waals surface area (Å²) < 4.78 is 76.5. The summed E-state index contributed by atoms with van der Waals surface area (Å²) in [5.41, 5.74) is 0. The molecule has 0 aliphatic carbocycles. The molecule has 0 radical (unpaired) electrons. The van der Waals surface area contributed by atoms with Gasteiger partial charge in [-0.15, -0.1) is 0 Å². The van der Waals surface area contributed by atoms with E-state index in [2.05, 4.69) is 4.74 Å². The Bertz CT molecular complexity index is 676. The van der Waals surface area contributed by atoms with Gasteiger partial charge in [-0.1, -0.05) is 58.3 Å². The molecule has 0 fully saturated rings. The van der Waals surface area contributed by atoms with Gasteiger partial charge in [0.1, 0.15) is 0 Å². The monoisotopic (exact) mass is 490 g/mol. The molecule has 2 atom stereocenters. The molecule has 0 rings (SSSR count). The Balaban J connectivity index is 4.54. The Kier molecular flexibility index (Phi) is 16.4. The van der Waals surface area contributed by atoms with E-state index in [1.54, 1.807) is 0 Å². The summed E-state index contributed by atoms with van der Waals surface area (Å²) in [5.74, 6) is -0.252. The molecule has 0 bridgehead atoms. The fraction of sp³-hybridized carbons (Fsp3) is 0.947. The van der Waals surface area contributed by atoms with E-state index in [9.17, 15) is 21.6 Å². The van der Waals surface area contributed by atoms with Crippen molar-refractivity contribution in [2.45, 2.75) is 109 Å². The van der Waals surface area contributed by atoms with E-state index in [1.165, 1.54) is 7.11 Å². The molecule has 0 amide bonds. The zero-order valence-electron chi connectivity index (χ0n) is 18.5. The molecular formula is C19H38O10S2. The number of unbranched alkanes of at least 4 members (excludes halogenated alkanes) is 7. The lowest BCUT2D eigenvalue weighted by Gasteiger charge is -2.20. The molecule has 10 nitrogen and oxygen atoms in total. The summed E-state index contributed by atoms with van der Waals surface area (Å²) in [7, 11) is -7.94. The maximum Gasteiger partial charge on any atom is 0.397 e. The molecule has 0 aromatic heterocycles. The van der Waals surface area contributed by atoms with Crippen molar-refractivity contribution in [3.63, 3.8) is 0 Å². The first kappa shape index (κ1) is 30.2. The van der Waals surface area contributed by atoms with Crippen LogP contribution in [-0.4, -0.2) is 51.2 Å². The normalized spacial score (nSPS) is 14.3. The maximum absolute atomic E-state index is 11.1.